The Morgan fingerprint density at radius 3 is 3.05 bits per heavy atom. The number of halogens is 1. The van der Waals surface area contributed by atoms with Gasteiger partial charge in [-0.05, 0) is 46.3 Å². The van der Waals surface area contributed by atoms with Gasteiger partial charge in [-0.1, -0.05) is 6.07 Å². The van der Waals surface area contributed by atoms with Crippen molar-refractivity contribution in [1.29, 1.82) is 0 Å². The molecule has 3 aromatic heterocycles. The lowest BCUT2D eigenvalue weighted by molar-refractivity contribution is 0.555. The van der Waals surface area contributed by atoms with Gasteiger partial charge in [0.25, 0.3) is 0 Å². The highest BCUT2D eigenvalue weighted by atomic mass is 79.9. The summed E-state index contributed by atoms with van der Waals surface area (Å²) in [5, 5.41) is 0. The maximum atomic E-state index is 11.2. The zero-order valence-electron chi connectivity index (χ0n) is 10.1. The van der Waals surface area contributed by atoms with E-state index in [1.54, 1.807) is 6.07 Å². The number of hydrogen-bond donors (Lipinski definition) is 1. The van der Waals surface area contributed by atoms with Gasteiger partial charge in [-0.25, -0.2) is 9.78 Å². The van der Waals surface area contributed by atoms with Crippen LogP contribution in [0.2, 0.25) is 0 Å². The number of benzene rings is 1. The predicted molar refractivity (Wildman–Crippen MR) is 78.7 cm³/mol. The van der Waals surface area contributed by atoms with Crippen molar-refractivity contribution < 1.29 is 4.42 Å². The van der Waals surface area contributed by atoms with Crippen molar-refractivity contribution >= 4 is 32.5 Å². The molecule has 3 heterocycles. The third-order valence-electron chi connectivity index (χ3n) is 3.18. The minimum absolute atomic E-state index is 0.452. The number of pyridine rings is 1. The highest BCUT2D eigenvalue weighted by Crippen LogP contribution is 2.27. The molecule has 0 aliphatic heterocycles. The van der Waals surface area contributed by atoms with E-state index < -0.39 is 5.76 Å². The van der Waals surface area contributed by atoms with E-state index in [-0.39, 0.29) is 0 Å². The van der Waals surface area contributed by atoms with Crippen molar-refractivity contribution in [2.75, 3.05) is 0 Å². The van der Waals surface area contributed by atoms with Crippen LogP contribution in [0.4, 0.5) is 0 Å². The molecule has 98 valence electrons. The first kappa shape index (κ1) is 11.5. The van der Waals surface area contributed by atoms with E-state index >= 15 is 0 Å². The van der Waals surface area contributed by atoms with Crippen molar-refractivity contribution in [3.8, 4) is 11.4 Å². The van der Waals surface area contributed by atoms with Crippen molar-refractivity contribution in [3.63, 3.8) is 0 Å². The summed E-state index contributed by atoms with van der Waals surface area (Å²) < 4.78 is 7.85. The Morgan fingerprint density at radius 2 is 2.15 bits per heavy atom. The normalized spacial score (nSPS) is 11.4. The fourth-order valence-electron chi connectivity index (χ4n) is 2.29. The molecule has 20 heavy (non-hydrogen) atoms. The standard InChI is InChI=1S/C14H8BrN3O2/c15-12-10-3-1-2-6-18(10)13(17-12)8-4-5-9-11(7-8)20-14(19)16-9/h1-7H,(H,16,19). The van der Waals surface area contributed by atoms with E-state index in [4.69, 9.17) is 4.42 Å². The molecule has 0 radical (unpaired) electrons. The molecule has 0 unspecified atom stereocenters. The highest BCUT2D eigenvalue weighted by Gasteiger charge is 2.12. The Balaban J connectivity index is 2.03. The van der Waals surface area contributed by atoms with E-state index in [0.717, 1.165) is 21.5 Å². The lowest BCUT2D eigenvalue weighted by Crippen LogP contribution is -1.92. The van der Waals surface area contributed by atoms with Gasteiger partial charge in [0.15, 0.2) is 5.58 Å². The number of nitrogens with zero attached hydrogens (tertiary/aromatic N) is 2. The maximum Gasteiger partial charge on any atom is 0.417 e. The molecule has 5 nitrogen and oxygen atoms in total. The summed E-state index contributed by atoms with van der Waals surface area (Å²) in [4.78, 5) is 18.3. The van der Waals surface area contributed by atoms with Crippen LogP contribution in [0.3, 0.4) is 0 Å². The first-order chi connectivity index (χ1) is 9.72. The van der Waals surface area contributed by atoms with Gasteiger partial charge in [-0.3, -0.25) is 9.38 Å². The summed E-state index contributed by atoms with van der Waals surface area (Å²) in [6.07, 6.45) is 1.94. The van der Waals surface area contributed by atoms with Crippen LogP contribution < -0.4 is 5.76 Å². The van der Waals surface area contributed by atoms with Crippen molar-refractivity contribution in [3.05, 3.63) is 57.7 Å². The number of imidazole rings is 1. The van der Waals surface area contributed by atoms with Gasteiger partial charge in [-0.2, -0.15) is 0 Å². The number of aromatic amines is 1. The molecule has 0 fully saturated rings. The molecule has 1 aromatic carbocycles. The van der Waals surface area contributed by atoms with Gasteiger partial charge in [0.1, 0.15) is 10.4 Å². The monoisotopic (exact) mass is 329 g/mol. The average molecular weight is 330 g/mol. The third kappa shape index (κ3) is 1.61. The molecule has 0 saturated heterocycles. The second-order valence-corrected chi connectivity index (χ2v) is 5.16. The molecule has 4 aromatic rings. The number of rotatable bonds is 1. The second-order valence-electron chi connectivity index (χ2n) is 4.41. The number of oxazole rings is 1. The molecule has 0 saturated carbocycles. The van der Waals surface area contributed by atoms with E-state index in [1.165, 1.54) is 0 Å². The maximum absolute atomic E-state index is 11.2. The van der Waals surface area contributed by atoms with Crippen molar-refractivity contribution in [2.24, 2.45) is 0 Å². The van der Waals surface area contributed by atoms with E-state index in [9.17, 15) is 4.79 Å². The minimum atomic E-state index is -0.452. The van der Waals surface area contributed by atoms with Crippen molar-refractivity contribution in [2.45, 2.75) is 0 Å². The van der Waals surface area contributed by atoms with Gasteiger partial charge in [0.2, 0.25) is 0 Å². The Hall–Kier alpha value is -2.34. The quantitative estimate of drug-likeness (QED) is 0.583. The largest absolute Gasteiger partial charge is 0.417 e. The molecule has 0 aliphatic carbocycles. The van der Waals surface area contributed by atoms with Crippen molar-refractivity contribution in [1.82, 2.24) is 14.4 Å². The average Bonchev–Trinajstić information content (AvgIpc) is 2.98. The fraction of sp³-hybridized carbons (Fsp3) is 0. The van der Waals surface area contributed by atoms with E-state index in [1.807, 2.05) is 40.9 Å². The topological polar surface area (TPSA) is 63.3 Å². The fourth-order valence-corrected chi connectivity index (χ4v) is 2.78. The molecular weight excluding hydrogens is 322 g/mol. The van der Waals surface area contributed by atoms with Crippen LogP contribution in [0.25, 0.3) is 28.0 Å². The summed E-state index contributed by atoms with van der Waals surface area (Å²) in [6.45, 7) is 0. The summed E-state index contributed by atoms with van der Waals surface area (Å²) >= 11 is 3.46. The van der Waals surface area contributed by atoms with E-state index in [2.05, 4.69) is 25.9 Å². The SMILES string of the molecule is O=c1[nH]c2ccc(-c3nc(Br)c4ccccn34)cc2o1. The molecule has 0 bridgehead atoms. The van der Waals surface area contributed by atoms with Crippen LogP contribution in [0.1, 0.15) is 0 Å². The van der Waals surface area contributed by atoms with Crippen LogP contribution >= 0.6 is 15.9 Å². The summed E-state index contributed by atoms with van der Waals surface area (Å²) in [6, 6.07) is 11.4. The lowest BCUT2D eigenvalue weighted by Gasteiger charge is -2.00. The third-order valence-corrected chi connectivity index (χ3v) is 3.77. The highest BCUT2D eigenvalue weighted by molar-refractivity contribution is 9.10. The van der Waals surface area contributed by atoms with Crippen LogP contribution in [0.5, 0.6) is 0 Å². The van der Waals surface area contributed by atoms with E-state index in [0.29, 0.717) is 11.1 Å². The van der Waals surface area contributed by atoms with Crippen LogP contribution in [0.15, 0.2) is 56.4 Å². The first-order valence-electron chi connectivity index (χ1n) is 5.98. The number of fused-ring (bicyclic) bond motifs is 2. The molecule has 0 aliphatic rings. The van der Waals surface area contributed by atoms with Gasteiger partial charge in [0, 0.05) is 11.8 Å². The van der Waals surface area contributed by atoms with Crippen LogP contribution in [-0.4, -0.2) is 14.4 Å². The number of H-pyrrole nitrogens is 1. The molecular formula is C14H8BrN3O2. The molecule has 6 heteroatoms. The Kier molecular flexibility index (Phi) is 2.34. The summed E-state index contributed by atoms with van der Waals surface area (Å²) in [5.41, 5.74) is 3.07. The lowest BCUT2D eigenvalue weighted by atomic mass is 10.2. The van der Waals surface area contributed by atoms with Gasteiger partial charge >= 0.3 is 5.76 Å². The zero-order valence-corrected chi connectivity index (χ0v) is 11.7. The van der Waals surface area contributed by atoms with Gasteiger partial charge in [0.05, 0.1) is 11.0 Å². The first-order valence-corrected chi connectivity index (χ1v) is 6.77. The molecule has 4 rings (SSSR count). The Morgan fingerprint density at radius 1 is 1.25 bits per heavy atom. The molecule has 0 amide bonds. The second kappa shape index (κ2) is 4.08. The number of hydrogen-bond acceptors (Lipinski definition) is 3. The van der Waals surface area contributed by atoms with Gasteiger partial charge in [-0.15, -0.1) is 0 Å². The zero-order chi connectivity index (χ0) is 13.7. The summed E-state index contributed by atoms with van der Waals surface area (Å²) in [7, 11) is 0. The smallest absolute Gasteiger partial charge is 0.408 e. The summed E-state index contributed by atoms with van der Waals surface area (Å²) in [5.74, 6) is 0.338. The molecule has 0 spiro atoms. The predicted octanol–water partition coefficient (Wildman–Crippen LogP) is 3.20. The molecule has 1 N–H and O–H groups in total. The van der Waals surface area contributed by atoms with Crippen LogP contribution in [0, 0.1) is 0 Å². The van der Waals surface area contributed by atoms with Crippen LogP contribution in [-0.2, 0) is 0 Å². The minimum Gasteiger partial charge on any atom is -0.408 e. The molecule has 0 atom stereocenters. The van der Waals surface area contributed by atoms with Gasteiger partial charge < -0.3 is 4.42 Å². The Labute approximate surface area is 121 Å². The number of aromatic nitrogens is 3. The number of nitrogens with one attached hydrogen (secondary N) is 1. The Bertz CT molecular complexity index is 996.